The average Bonchev–Trinajstić information content (AvgIpc) is 3.19. The Morgan fingerprint density at radius 1 is 1.00 bits per heavy atom. The van der Waals surface area contributed by atoms with E-state index in [1.165, 1.54) is 0 Å². The predicted octanol–water partition coefficient (Wildman–Crippen LogP) is 5.82. The van der Waals surface area contributed by atoms with Gasteiger partial charge in [-0.1, -0.05) is 56.3 Å². The van der Waals surface area contributed by atoms with E-state index < -0.39 is 0 Å². The lowest BCUT2D eigenvalue weighted by Crippen LogP contribution is -2.11. The quantitative estimate of drug-likeness (QED) is 0.375. The zero-order valence-corrected chi connectivity index (χ0v) is 18.0. The van der Waals surface area contributed by atoms with Gasteiger partial charge in [0.05, 0.1) is 29.5 Å². The number of nitrogens with zero attached hydrogens (tertiary/aromatic N) is 4. The van der Waals surface area contributed by atoms with E-state index in [0.29, 0.717) is 11.1 Å². The first-order valence-electron chi connectivity index (χ1n) is 10.4. The number of aromatic nitrogens is 4. The Morgan fingerprint density at radius 2 is 1.81 bits per heavy atom. The van der Waals surface area contributed by atoms with Gasteiger partial charge in [-0.2, -0.15) is 10.2 Å². The minimum Gasteiger partial charge on any atom is -0.269 e. The van der Waals surface area contributed by atoms with Gasteiger partial charge in [0, 0.05) is 23.6 Å². The maximum Gasteiger partial charge on any atom is 0.272 e. The number of rotatable bonds is 3. The van der Waals surface area contributed by atoms with Crippen molar-refractivity contribution < 1.29 is 0 Å². The zero-order chi connectivity index (χ0) is 22.4. The minimum atomic E-state index is -0.202. The van der Waals surface area contributed by atoms with Gasteiger partial charge in [0.2, 0.25) is 5.69 Å². The topological polar surface area (TPSA) is 67.9 Å². The fourth-order valence-corrected chi connectivity index (χ4v) is 4.33. The van der Waals surface area contributed by atoms with E-state index >= 15 is 0 Å². The highest BCUT2D eigenvalue weighted by Crippen LogP contribution is 2.41. The van der Waals surface area contributed by atoms with Crippen LogP contribution in [0.5, 0.6) is 0 Å². The summed E-state index contributed by atoms with van der Waals surface area (Å²) in [6.45, 7) is 12.0. The molecule has 0 aliphatic rings. The predicted molar refractivity (Wildman–Crippen MR) is 128 cm³/mol. The van der Waals surface area contributed by atoms with Gasteiger partial charge in [0.1, 0.15) is 0 Å². The van der Waals surface area contributed by atoms with Crippen molar-refractivity contribution in [1.29, 1.82) is 0 Å². The van der Waals surface area contributed by atoms with E-state index in [2.05, 4.69) is 34.0 Å². The van der Waals surface area contributed by atoms with Crippen LogP contribution in [0.15, 0.2) is 65.6 Å². The second kappa shape index (κ2) is 7.47. The first kappa shape index (κ1) is 19.7. The molecule has 2 heterocycles. The molecule has 0 radical (unpaired) electrons. The molecule has 0 aliphatic carbocycles. The largest absolute Gasteiger partial charge is 0.272 e. The summed E-state index contributed by atoms with van der Waals surface area (Å²) in [6.07, 6.45) is 1.81. The number of fused-ring (bicyclic) bond motifs is 2. The van der Waals surface area contributed by atoms with Gasteiger partial charge in [-0.3, -0.25) is 9.48 Å². The van der Waals surface area contributed by atoms with Gasteiger partial charge in [-0.15, -0.1) is 0 Å². The summed E-state index contributed by atoms with van der Waals surface area (Å²) in [7, 11) is 1.88. The van der Waals surface area contributed by atoms with Crippen LogP contribution >= 0.6 is 0 Å². The third-order valence-electron chi connectivity index (χ3n) is 5.88. The van der Waals surface area contributed by atoms with E-state index in [-0.39, 0.29) is 11.5 Å². The van der Waals surface area contributed by atoms with Gasteiger partial charge in [0.15, 0.2) is 0 Å². The highest BCUT2D eigenvalue weighted by molar-refractivity contribution is 6.04. The van der Waals surface area contributed by atoms with Gasteiger partial charge in [-0.05, 0) is 34.4 Å². The zero-order valence-electron chi connectivity index (χ0n) is 18.0. The molecule has 0 fully saturated rings. The van der Waals surface area contributed by atoms with Crippen LogP contribution in [0.3, 0.4) is 0 Å². The lowest BCUT2D eigenvalue weighted by atomic mass is 9.95. The van der Waals surface area contributed by atoms with Crippen LogP contribution in [0.1, 0.15) is 25.5 Å². The third-order valence-corrected chi connectivity index (χ3v) is 5.88. The summed E-state index contributed by atoms with van der Waals surface area (Å²) in [5, 5.41) is 14.8. The molecule has 5 aromatic rings. The summed E-state index contributed by atoms with van der Waals surface area (Å²) >= 11 is 0. The first-order chi connectivity index (χ1) is 15.5. The molecule has 0 atom stereocenters. The van der Waals surface area contributed by atoms with Crippen molar-refractivity contribution in [3.8, 4) is 22.4 Å². The molecule has 6 heteroatoms. The summed E-state index contributed by atoms with van der Waals surface area (Å²) in [5.41, 5.74) is 4.79. The molecule has 3 aromatic carbocycles. The molecule has 0 unspecified atom stereocenters. The van der Waals surface area contributed by atoms with Crippen molar-refractivity contribution in [1.82, 2.24) is 20.0 Å². The second-order valence-electron chi connectivity index (χ2n) is 8.18. The smallest absolute Gasteiger partial charge is 0.269 e. The van der Waals surface area contributed by atoms with Crippen molar-refractivity contribution in [2.75, 3.05) is 0 Å². The molecule has 32 heavy (non-hydrogen) atoms. The summed E-state index contributed by atoms with van der Waals surface area (Å²) < 4.78 is 1.80. The molecular formula is C26H21N5O. The molecular weight excluding hydrogens is 398 g/mol. The van der Waals surface area contributed by atoms with E-state index in [1.54, 1.807) is 4.68 Å². The monoisotopic (exact) mass is 419 g/mol. The number of aromatic amines is 1. The molecule has 0 saturated heterocycles. The molecule has 0 saturated carbocycles. The first-order valence-corrected chi connectivity index (χ1v) is 10.4. The Balaban J connectivity index is 1.79. The van der Waals surface area contributed by atoms with Crippen molar-refractivity contribution in [2.45, 2.75) is 19.8 Å². The summed E-state index contributed by atoms with van der Waals surface area (Å²) in [4.78, 5) is 16.2. The van der Waals surface area contributed by atoms with E-state index in [9.17, 15) is 4.79 Å². The third kappa shape index (κ3) is 2.98. The maximum absolute atomic E-state index is 12.3. The van der Waals surface area contributed by atoms with Gasteiger partial charge < -0.3 is 0 Å². The number of hydrogen-bond acceptors (Lipinski definition) is 3. The van der Waals surface area contributed by atoms with Gasteiger partial charge >= 0.3 is 0 Å². The Hall–Kier alpha value is -4.24. The summed E-state index contributed by atoms with van der Waals surface area (Å²) in [6, 6.07) is 17.7. The number of H-pyrrole nitrogens is 1. The molecule has 0 bridgehead atoms. The lowest BCUT2D eigenvalue weighted by Gasteiger charge is -2.13. The molecule has 1 N–H and O–H groups in total. The maximum atomic E-state index is 12.3. The molecule has 5 rings (SSSR count). The van der Waals surface area contributed by atoms with Crippen LogP contribution in [0.25, 0.3) is 48.8 Å². The lowest BCUT2D eigenvalue weighted by molar-refractivity contribution is 0.776. The van der Waals surface area contributed by atoms with Crippen LogP contribution in [0, 0.1) is 6.57 Å². The van der Waals surface area contributed by atoms with E-state index in [0.717, 1.165) is 44.2 Å². The molecule has 2 aromatic heterocycles. The minimum absolute atomic E-state index is 0.159. The molecule has 6 nitrogen and oxygen atoms in total. The highest BCUT2D eigenvalue weighted by atomic mass is 16.1. The molecule has 0 amide bonds. The fourth-order valence-electron chi connectivity index (χ4n) is 4.33. The number of aryl methyl sites for hydroxylation is 1. The number of nitrogens with one attached hydrogen (secondary N) is 1. The fraction of sp³-hybridized carbons (Fsp3) is 0.154. The highest BCUT2D eigenvalue weighted by Gasteiger charge is 2.19. The average molecular weight is 419 g/mol. The summed E-state index contributed by atoms with van der Waals surface area (Å²) in [5.74, 6) is 0.159. The Labute approximate surface area is 185 Å². The van der Waals surface area contributed by atoms with E-state index in [1.807, 2.05) is 67.8 Å². The van der Waals surface area contributed by atoms with Crippen LogP contribution in [0.4, 0.5) is 5.69 Å². The van der Waals surface area contributed by atoms with Crippen LogP contribution < -0.4 is 5.56 Å². The molecule has 0 spiro atoms. The SMILES string of the molecule is [C-]#[N+]c1c(-c2c(-c3ccc4c(=O)[nH]nc(C(C)C)c4c3)cnn2C)ccc2ccccc12. The Kier molecular flexibility index (Phi) is 4.60. The van der Waals surface area contributed by atoms with Crippen LogP contribution in [-0.2, 0) is 7.05 Å². The van der Waals surface area contributed by atoms with Crippen LogP contribution in [0.2, 0.25) is 0 Å². The van der Waals surface area contributed by atoms with Crippen LogP contribution in [-0.4, -0.2) is 20.0 Å². The molecule has 156 valence electrons. The van der Waals surface area contributed by atoms with Crippen molar-refractivity contribution in [3.63, 3.8) is 0 Å². The van der Waals surface area contributed by atoms with Crippen molar-refractivity contribution in [2.24, 2.45) is 7.05 Å². The normalized spacial score (nSPS) is 11.3. The van der Waals surface area contributed by atoms with Gasteiger partial charge in [0.25, 0.3) is 5.56 Å². The van der Waals surface area contributed by atoms with E-state index in [4.69, 9.17) is 6.57 Å². The van der Waals surface area contributed by atoms with Crippen molar-refractivity contribution >= 4 is 27.2 Å². The second-order valence-corrected chi connectivity index (χ2v) is 8.18. The number of hydrogen-bond donors (Lipinski definition) is 1. The Bertz CT molecular complexity index is 1600. The van der Waals surface area contributed by atoms with Gasteiger partial charge in [-0.25, -0.2) is 9.94 Å². The standard InChI is InChI=1S/C26H21N5O/c1-15(2)23-21-13-17(10-11-19(21)26(32)30-29-23)22-14-28-31(4)25(22)20-12-9-16-7-5-6-8-18(16)24(20)27-3/h5-15H,1-2,4H3,(H,30,32). The molecule has 0 aliphatic heterocycles. The van der Waals surface area contributed by atoms with Crippen molar-refractivity contribution in [3.05, 3.63) is 88.3 Å². The number of benzene rings is 3. The Morgan fingerprint density at radius 3 is 2.59 bits per heavy atom.